The standard InChI is InChI=1S/C16H17N3O4S/c1-10-2-3-11(17-14(20)13-9-24-16(22)18-13)8-12(10)15(21)19-4-6-23-7-5-19/h2-3,8-9H,4-7H2,1H3,(H,17,20)(H,18,22). The summed E-state index contributed by atoms with van der Waals surface area (Å²) in [7, 11) is 0. The molecule has 0 unspecified atom stereocenters. The van der Waals surface area contributed by atoms with Crippen LogP contribution < -0.4 is 10.2 Å². The van der Waals surface area contributed by atoms with Crippen molar-refractivity contribution in [3.05, 3.63) is 50.1 Å². The smallest absolute Gasteiger partial charge is 0.305 e. The Morgan fingerprint density at radius 3 is 2.71 bits per heavy atom. The van der Waals surface area contributed by atoms with Crippen LogP contribution in [0.3, 0.4) is 0 Å². The molecule has 2 amide bonds. The van der Waals surface area contributed by atoms with Gasteiger partial charge in [-0.2, -0.15) is 0 Å². The first-order valence-electron chi connectivity index (χ1n) is 7.51. The zero-order valence-corrected chi connectivity index (χ0v) is 13.9. The molecule has 0 radical (unpaired) electrons. The van der Waals surface area contributed by atoms with E-state index in [1.165, 1.54) is 5.38 Å². The van der Waals surface area contributed by atoms with E-state index >= 15 is 0 Å². The number of rotatable bonds is 3. The minimum absolute atomic E-state index is 0.0733. The number of hydrogen-bond donors (Lipinski definition) is 2. The second-order valence-corrected chi connectivity index (χ2v) is 6.29. The van der Waals surface area contributed by atoms with Crippen LogP contribution in [0.25, 0.3) is 0 Å². The van der Waals surface area contributed by atoms with Crippen molar-refractivity contribution < 1.29 is 14.3 Å². The number of carbonyl (C=O) groups excluding carboxylic acids is 2. The Kier molecular flexibility index (Phi) is 4.77. The minimum Gasteiger partial charge on any atom is -0.378 e. The summed E-state index contributed by atoms with van der Waals surface area (Å²) in [6.07, 6.45) is 0. The van der Waals surface area contributed by atoms with Gasteiger partial charge in [-0.1, -0.05) is 17.4 Å². The number of benzene rings is 1. The van der Waals surface area contributed by atoms with Crippen LogP contribution in [0.2, 0.25) is 0 Å². The lowest BCUT2D eigenvalue weighted by atomic mass is 10.1. The van der Waals surface area contributed by atoms with Gasteiger partial charge in [-0.25, -0.2) is 0 Å². The molecule has 1 aromatic carbocycles. The fourth-order valence-corrected chi connectivity index (χ4v) is 3.02. The molecular formula is C16H17N3O4S. The molecule has 3 rings (SSSR count). The van der Waals surface area contributed by atoms with Gasteiger partial charge in [0.1, 0.15) is 5.69 Å². The summed E-state index contributed by atoms with van der Waals surface area (Å²) < 4.78 is 5.26. The second-order valence-electron chi connectivity index (χ2n) is 5.45. The highest BCUT2D eigenvalue weighted by atomic mass is 32.1. The Balaban J connectivity index is 1.79. The molecule has 0 saturated carbocycles. The molecule has 126 valence electrons. The lowest BCUT2D eigenvalue weighted by Crippen LogP contribution is -2.41. The molecule has 0 bridgehead atoms. The average Bonchev–Trinajstić information content (AvgIpc) is 3.03. The quantitative estimate of drug-likeness (QED) is 0.879. The number of hydrogen-bond acceptors (Lipinski definition) is 5. The molecule has 24 heavy (non-hydrogen) atoms. The second kappa shape index (κ2) is 6.98. The summed E-state index contributed by atoms with van der Waals surface area (Å²) in [5, 5.41) is 4.16. The van der Waals surface area contributed by atoms with Gasteiger partial charge < -0.3 is 19.9 Å². The number of morpholine rings is 1. The van der Waals surface area contributed by atoms with Crippen LogP contribution in [0.15, 0.2) is 28.4 Å². The zero-order chi connectivity index (χ0) is 17.1. The first-order chi connectivity index (χ1) is 11.5. The Labute approximate surface area is 142 Å². The van der Waals surface area contributed by atoms with Gasteiger partial charge in [0.2, 0.25) is 0 Å². The molecule has 1 aliphatic heterocycles. The third-order valence-corrected chi connectivity index (χ3v) is 4.46. The van der Waals surface area contributed by atoms with Crippen molar-refractivity contribution in [3.63, 3.8) is 0 Å². The maximum Gasteiger partial charge on any atom is 0.305 e. The monoisotopic (exact) mass is 347 g/mol. The van der Waals surface area contributed by atoms with E-state index in [-0.39, 0.29) is 16.5 Å². The van der Waals surface area contributed by atoms with Crippen molar-refractivity contribution >= 4 is 28.8 Å². The van der Waals surface area contributed by atoms with Crippen molar-refractivity contribution in [2.24, 2.45) is 0 Å². The van der Waals surface area contributed by atoms with Crippen molar-refractivity contribution in [3.8, 4) is 0 Å². The Morgan fingerprint density at radius 2 is 2.04 bits per heavy atom. The lowest BCUT2D eigenvalue weighted by molar-refractivity contribution is 0.0302. The Morgan fingerprint density at radius 1 is 1.29 bits per heavy atom. The molecule has 1 fully saturated rings. The summed E-state index contributed by atoms with van der Waals surface area (Å²) >= 11 is 0.928. The molecule has 1 aromatic heterocycles. The van der Waals surface area contributed by atoms with E-state index in [9.17, 15) is 14.4 Å². The summed E-state index contributed by atoms with van der Waals surface area (Å²) in [4.78, 5) is 39.8. The predicted octanol–water partition coefficient (Wildman–Crippen LogP) is 1.47. The van der Waals surface area contributed by atoms with E-state index in [1.54, 1.807) is 23.1 Å². The SMILES string of the molecule is Cc1ccc(NC(=O)c2csc(=O)[nH]2)cc1C(=O)N1CCOCC1. The van der Waals surface area contributed by atoms with Crippen LogP contribution in [-0.2, 0) is 4.74 Å². The number of thiazole rings is 1. The van der Waals surface area contributed by atoms with Crippen molar-refractivity contribution in [2.75, 3.05) is 31.6 Å². The van der Waals surface area contributed by atoms with Crippen LogP contribution in [0.1, 0.15) is 26.4 Å². The van der Waals surface area contributed by atoms with Crippen LogP contribution in [0.4, 0.5) is 5.69 Å². The Hall–Kier alpha value is -2.45. The molecule has 8 heteroatoms. The number of aryl methyl sites for hydroxylation is 1. The predicted molar refractivity (Wildman–Crippen MR) is 90.8 cm³/mol. The molecule has 1 saturated heterocycles. The topological polar surface area (TPSA) is 91.5 Å². The molecule has 2 aromatic rings. The lowest BCUT2D eigenvalue weighted by Gasteiger charge is -2.27. The minimum atomic E-state index is -0.415. The van der Waals surface area contributed by atoms with Gasteiger partial charge in [0.25, 0.3) is 11.8 Å². The summed E-state index contributed by atoms with van der Waals surface area (Å²) in [6, 6.07) is 5.18. The number of aromatic amines is 1. The van der Waals surface area contributed by atoms with E-state index in [4.69, 9.17) is 4.74 Å². The number of amides is 2. The molecule has 7 nitrogen and oxygen atoms in total. The molecule has 2 N–H and O–H groups in total. The summed E-state index contributed by atoms with van der Waals surface area (Å²) in [5.74, 6) is -0.488. The van der Waals surface area contributed by atoms with Crippen LogP contribution in [0.5, 0.6) is 0 Å². The highest BCUT2D eigenvalue weighted by Gasteiger charge is 2.20. The first-order valence-corrected chi connectivity index (χ1v) is 8.39. The normalized spacial score (nSPS) is 14.5. The van der Waals surface area contributed by atoms with Crippen LogP contribution >= 0.6 is 11.3 Å². The third kappa shape index (κ3) is 3.55. The van der Waals surface area contributed by atoms with Gasteiger partial charge in [-0.3, -0.25) is 14.4 Å². The highest BCUT2D eigenvalue weighted by Crippen LogP contribution is 2.18. The maximum atomic E-state index is 12.6. The van der Waals surface area contributed by atoms with Crippen LogP contribution in [-0.4, -0.2) is 48.0 Å². The molecule has 0 aliphatic carbocycles. The number of nitrogens with zero attached hydrogens (tertiary/aromatic N) is 1. The molecule has 1 aliphatic rings. The van der Waals surface area contributed by atoms with Gasteiger partial charge in [0, 0.05) is 29.7 Å². The molecule has 2 heterocycles. The van der Waals surface area contributed by atoms with Gasteiger partial charge in [-0.15, -0.1) is 0 Å². The van der Waals surface area contributed by atoms with Crippen LogP contribution in [0, 0.1) is 6.92 Å². The van der Waals surface area contributed by atoms with Gasteiger partial charge in [0.15, 0.2) is 0 Å². The van der Waals surface area contributed by atoms with E-state index in [2.05, 4.69) is 10.3 Å². The van der Waals surface area contributed by atoms with Crippen molar-refractivity contribution in [2.45, 2.75) is 6.92 Å². The van der Waals surface area contributed by atoms with E-state index in [1.807, 2.05) is 6.92 Å². The summed E-state index contributed by atoms with van der Waals surface area (Å²) in [5.41, 5.74) is 2.10. The molecule has 0 spiro atoms. The zero-order valence-electron chi connectivity index (χ0n) is 13.1. The molecular weight excluding hydrogens is 330 g/mol. The van der Waals surface area contributed by atoms with Crippen molar-refractivity contribution in [1.82, 2.24) is 9.88 Å². The number of ether oxygens (including phenoxy) is 1. The third-order valence-electron chi connectivity index (χ3n) is 3.79. The fraction of sp³-hybridized carbons (Fsp3) is 0.312. The van der Waals surface area contributed by atoms with E-state index in [0.717, 1.165) is 16.9 Å². The van der Waals surface area contributed by atoms with E-state index < -0.39 is 5.91 Å². The fourth-order valence-electron chi connectivity index (χ4n) is 2.46. The molecule has 0 atom stereocenters. The number of nitrogens with one attached hydrogen (secondary N) is 2. The van der Waals surface area contributed by atoms with Gasteiger partial charge >= 0.3 is 4.87 Å². The van der Waals surface area contributed by atoms with Gasteiger partial charge in [0.05, 0.1) is 13.2 Å². The average molecular weight is 347 g/mol. The van der Waals surface area contributed by atoms with Crippen molar-refractivity contribution in [1.29, 1.82) is 0 Å². The first kappa shape index (κ1) is 16.4. The number of carbonyl (C=O) groups is 2. The van der Waals surface area contributed by atoms with Gasteiger partial charge in [-0.05, 0) is 24.6 Å². The Bertz CT molecular complexity index is 821. The number of anilines is 1. The summed E-state index contributed by atoms with van der Waals surface area (Å²) in [6.45, 7) is 4.05. The largest absolute Gasteiger partial charge is 0.378 e. The highest BCUT2D eigenvalue weighted by molar-refractivity contribution is 7.07. The maximum absolute atomic E-state index is 12.6. The number of H-pyrrole nitrogens is 1. The number of aromatic nitrogens is 1. The van der Waals surface area contributed by atoms with E-state index in [0.29, 0.717) is 37.6 Å².